The third-order valence-electron chi connectivity index (χ3n) is 1.02. The van der Waals surface area contributed by atoms with Crippen molar-refractivity contribution in [3.8, 4) is 17.6 Å². The minimum absolute atomic E-state index is 0.117. The molecule has 3 heteroatoms. The summed E-state index contributed by atoms with van der Waals surface area (Å²) in [5, 5.41) is 8.95. The van der Waals surface area contributed by atoms with Crippen molar-refractivity contribution >= 4 is 11.6 Å². The van der Waals surface area contributed by atoms with Gasteiger partial charge in [-0.1, -0.05) is 11.8 Å². The fraction of sp³-hybridized carbons (Fsp3) is 0.125. The van der Waals surface area contributed by atoms with Gasteiger partial charge in [-0.25, -0.2) is 0 Å². The number of nitrogens with zero attached hydrogens (tertiary/aromatic N) is 1. The third kappa shape index (κ3) is 2.48. The highest BCUT2D eigenvalue weighted by molar-refractivity contribution is 6.19. The van der Waals surface area contributed by atoms with Crippen molar-refractivity contribution in [2.75, 3.05) is 5.88 Å². The fourth-order valence-electron chi connectivity index (χ4n) is 0.632. The van der Waals surface area contributed by atoms with Crippen LogP contribution in [0.3, 0.4) is 0 Å². The van der Waals surface area contributed by atoms with Crippen LogP contribution < -0.4 is 0 Å². The topological polar surface area (TPSA) is 33.1 Å². The van der Waals surface area contributed by atoms with Gasteiger partial charge in [0.1, 0.15) is 5.75 Å². The highest BCUT2D eigenvalue weighted by atomic mass is 35.5. The highest BCUT2D eigenvalue weighted by Crippen LogP contribution is 2.06. The summed E-state index contributed by atoms with van der Waals surface area (Å²) in [5.74, 6) is 5.79. The second-order valence-electron chi connectivity index (χ2n) is 1.87. The Balaban J connectivity index is 2.87. The molecule has 1 rings (SSSR count). The van der Waals surface area contributed by atoms with Gasteiger partial charge in [0.15, 0.2) is 0 Å². The molecule has 0 saturated carbocycles. The molecule has 1 aromatic rings. The third-order valence-corrected chi connectivity index (χ3v) is 1.16. The first-order chi connectivity index (χ1) is 5.33. The second-order valence-corrected chi connectivity index (χ2v) is 2.13. The summed E-state index contributed by atoms with van der Waals surface area (Å²) in [6.45, 7) is 0. The molecule has 0 spiro atoms. The summed E-state index contributed by atoms with van der Waals surface area (Å²) in [7, 11) is 0. The number of aromatic nitrogens is 1. The first-order valence-electron chi connectivity index (χ1n) is 3.02. The quantitative estimate of drug-likeness (QED) is 0.468. The van der Waals surface area contributed by atoms with E-state index in [1.165, 1.54) is 12.3 Å². The Morgan fingerprint density at radius 3 is 3.00 bits per heavy atom. The van der Waals surface area contributed by atoms with Crippen LogP contribution in [0.2, 0.25) is 0 Å². The standard InChI is InChI=1S/C8H6ClNO/c9-3-1-2-7-4-8(11)6-10-5-7/h4-6,11H,3H2. The second kappa shape index (κ2) is 3.85. The van der Waals surface area contributed by atoms with Gasteiger partial charge in [0.25, 0.3) is 0 Å². The van der Waals surface area contributed by atoms with Gasteiger partial charge in [0.2, 0.25) is 0 Å². The number of rotatable bonds is 0. The number of alkyl halides is 1. The van der Waals surface area contributed by atoms with Crippen LogP contribution in [0.4, 0.5) is 0 Å². The van der Waals surface area contributed by atoms with Crippen LogP contribution >= 0.6 is 11.6 Å². The van der Waals surface area contributed by atoms with Crippen LogP contribution in [-0.4, -0.2) is 16.0 Å². The highest BCUT2D eigenvalue weighted by Gasteiger charge is 1.88. The SMILES string of the molecule is Oc1cncc(C#CCCl)c1. The van der Waals surface area contributed by atoms with Crippen LogP contribution in [0.25, 0.3) is 0 Å². The van der Waals surface area contributed by atoms with E-state index in [2.05, 4.69) is 16.8 Å². The molecule has 1 heterocycles. The van der Waals surface area contributed by atoms with E-state index >= 15 is 0 Å². The van der Waals surface area contributed by atoms with Gasteiger partial charge < -0.3 is 5.11 Å². The van der Waals surface area contributed by atoms with Gasteiger partial charge in [-0.3, -0.25) is 4.98 Å². The zero-order chi connectivity index (χ0) is 8.10. The molecule has 0 aliphatic carbocycles. The van der Waals surface area contributed by atoms with E-state index in [4.69, 9.17) is 16.7 Å². The van der Waals surface area contributed by atoms with Crippen molar-refractivity contribution in [2.45, 2.75) is 0 Å². The molecule has 0 fully saturated rings. The predicted octanol–water partition coefficient (Wildman–Crippen LogP) is 1.38. The number of pyridine rings is 1. The molecule has 0 aromatic carbocycles. The summed E-state index contributed by atoms with van der Waals surface area (Å²) < 4.78 is 0. The first kappa shape index (κ1) is 7.90. The molecule has 0 radical (unpaired) electrons. The van der Waals surface area contributed by atoms with E-state index in [1.54, 1.807) is 6.20 Å². The maximum Gasteiger partial charge on any atom is 0.135 e. The lowest BCUT2D eigenvalue weighted by atomic mass is 10.3. The average Bonchev–Trinajstić information content (AvgIpc) is 2.01. The molecule has 0 unspecified atom stereocenters. The van der Waals surface area contributed by atoms with Crippen LogP contribution in [0.15, 0.2) is 18.5 Å². The molecule has 0 bridgehead atoms. The largest absolute Gasteiger partial charge is 0.506 e. The molecule has 56 valence electrons. The zero-order valence-electron chi connectivity index (χ0n) is 5.71. The molecular formula is C8H6ClNO. The van der Waals surface area contributed by atoms with Crippen molar-refractivity contribution in [1.29, 1.82) is 0 Å². The Bertz CT molecular complexity index is 300. The summed E-state index contributed by atoms with van der Waals surface area (Å²) in [5.41, 5.74) is 0.672. The summed E-state index contributed by atoms with van der Waals surface area (Å²) in [6.07, 6.45) is 2.92. The van der Waals surface area contributed by atoms with Crippen LogP contribution in [-0.2, 0) is 0 Å². The molecular weight excluding hydrogens is 162 g/mol. The number of hydrogen-bond donors (Lipinski definition) is 1. The first-order valence-corrected chi connectivity index (χ1v) is 3.55. The maximum absolute atomic E-state index is 8.95. The van der Waals surface area contributed by atoms with Crippen molar-refractivity contribution in [3.63, 3.8) is 0 Å². The minimum Gasteiger partial charge on any atom is -0.506 e. The summed E-state index contributed by atoms with van der Waals surface area (Å²) >= 11 is 5.33. The molecule has 1 aromatic heterocycles. The van der Waals surface area contributed by atoms with Crippen LogP contribution in [0.1, 0.15) is 5.56 Å². The molecule has 11 heavy (non-hydrogen) atoms. The summed E-state index contributed by atoms with van der Waals surface area (Å²) in [6, 6.07) is 1.53. The molecule has 0 aliphatic heterocycles. The van der Waals surface area contributed by atoms with E-state index in [0.29, 0.717) is 5.56 Å². The molecule has 2 nitrogen and oxygen atoms in total. The van der Waals surface area contributed by atoms with Gasteiger partial charge >= 0.3 is 0 Å². The Morgan fingerprint density at radius 1 is 1.55 bits per heavy atom. The lowest BCUT2D eigenvalue weighted by Gasteiger charge is -1.89. The van der Waals surface area contributed by atoms with Gasteiger partial charge in [0, 0.05) is 11.8 Å². The Labute approximate surface area is 69.8 Å². The Morgan fingerprint density at radius 2 is 2.36 bits per heavy atom. The van der Waals surface area contributed by atoms with E-state index in [9.17, 15) is 0 Å². The predicted molar refractivity (Wildman–Crippen MR) is 43.5 cm³/mol. The average molecular weight is 168 g/mol. The monoisotopic (exact) mass is 167 g/mol. The van der Waals surface area contributed by atoms with Crippen LogP contribution in [0.5, 0.6) is 5.75 Å². The molecule has 0 saturated heterocycles. The zero-order valence-corrected chi connectivity index (χ0v) is 6.47. The molecule has 0 amide bonds. The molecule has 0 atom stereocenters. The lowest BCUT2D eigenvalue weighted by Crippen LogP contribution is -1.76. The van der Waals surface area contributed by atoms with Gasteiger partial charge in [-0.05, 0) is 6.07 Å². The smallest absolute Gasteiger partial charge is 0.135 e. The molecule has 0 aliphatic rings. The van der Waals surface area contributed by atoms with Gasteiger partial charge in [-0.2, -0.15) is 0 Å². The lowest BCUT2D eigenvalue weighted by molar-refractivity contribution is 0.472. The fourth-order valence-corrected chi connectivity index (χ4v) is 0.698. The van der Waals surface area contributed by atoms with E-state index < -0.39 is 0 Å². The van der Waals surface area contributed by atoms with Crippen molar-refractivity contribution in [1.82, 2.24) is 4.98 Å². The molecule has 1 N–H and O–H groups in total. The van der Waals surface area contributed by atoms with Crippen LogP contribution in [0, 0.1) is 11.8 Å². The normalized spacial score (nSPS) is 8.45. The van der Waals surface area contributed by atoms with E-state index in [1.807, 2.05) is 0 Å². The van der Waals surface area contributed by atoms with E-state index in [0.717, 1.165) is 0 Å². The Hall–Kier alpha value is -1.20. The van der Waals surface area contributed by atoms with Crippen molar-refractivity contribution in [3.05, 3.63) is 24.0 Å². The number of halogens is 1. The number of aromatic hydroxyl groups is 1. The Kier molecular flexibility index (Phi) is 2.76. The number of hydrogen-bond acceptors (Lipinski definition) is 2. The van der Waals surface area contributed by atoms with E-state index in [-0.39, 0.29) is 11.6 Å². The van der Waals surface area contributed by atoms with Gasteiger partial charge in [0.05, 0.1) is 12.1 Å². The minimum atomic E-state index is 0.117. The summed E-state index contributed by atoms with van der Waals surface area (Å²) in [4.78, 5) is 3.74. The van der Waals surface area contributed by atoms with Crippen molar-refractivity contribution in [2.24, 2.45) is 0 Å². The maximum atomic E-state index is 8.95. The van der Waals surface area contributed by atoms with Gasteiger partial charge in [-0.15, -0.1) is 11.6 Å². The van der Waals surface area contributed by atoms with Crippen molar-refractivity contribution < 1.29 is 5.11 Å².